The Balaban J connectivity index is 1.84. The number of hydrogen-bond acceptors (Lipinski definition) is 2. The molecular weight excluding hydrogens is 282 g/mol. The van der Waals surface area contributed by atoms with E-state index < -0.39 is 0 Å². The fourth-order valence-corrected chi connectivity index (χ4v) is 2.76. The van der Waals surface area contributed by atoms with Crippen LogP contribution in [0.25, 0.3) is 0 Å². The van der Waals surface area contributed by atoms with Gasteiger partial charge in [-0.3, -0.25) is 0 Å². The minimum absolute atomic E-state index is 0.745. The quantitative estimate of drug-likeness (QED) is 0.384. The maximum absolute atomic E-state index is 5.68. The molecule has 1 rings (SSSR count). The lowest BCUT2D eigenvalue weighted by Gasteiger charge is -2.16. The van der Waals surface area contributed by atoms with Crippen LogP contribution in [-0.2, 0) is 0 Å². The van der Waals surface area contributed by atoms with Gasteiger partial charge in [-0.1, -0.05) is 82.9 Å². The molecule has 0 aromatic heterocycles. The lowest BCUT2D eigenvalue weighted by Crippen LogP contribution is -2.25. The molecule has 0 heterocycles. The van der Waals surface area contributed by atoms with Crippen molar-refractivity contribution in [3.05, 3.63) is 30.3 Å². The van der Waals surface area contributed by atoms with Crippen molar-refractivity contribution in [1.82, 2.24) is 4.90 Å². The van der Waals surface area contributed by atoms with Gasteiger partial charge in [0.15, 0.2) is 0 Å². The molecule has 1 radical (unpaired) electrons. The van der Waals surface area contributed by atoms with E-state index in [-0.39, 0.29) is 0 Å². The third-order valence-electron chi connectivity index (χ3n) is 4.30. The van der Waals surface area contributed by atoms with Crippen LogP contribution in [0.5, 0.6) is 5.75 Å². The van der Waals surface area contributed by atoms with Gasteiger partial charge in [0.1, 0.15) is 12.4 Å². The van der Waals surface area contributed by atoms with Crippen LogP contribution in [0.3, 0.4) is 0 Å². The van der Waals surface area contributed by atoms with Gasteiger partial charge >= 0.3 is 0 Å². The van der Waals surface area contributed by atoms with Gasteiger partial charge in [0, 0.05) is 12.6 Å². The monoisotopic (exact) mass is 318 g/mol. The minimum Gasteiger partial charge on any atom is -0.492 e. The highest BCUT2D eigenvalue weighted by Gasteiger charge is 1.99. The zero-order valence-corrected chi connectivity index (χ0v) is 15.4. The Morgan fingerprint density at radius 3 is 2.13 bits per heavy atom. The molecule has 0 saturated heterocycles. The topological polar surface area (TPSA) is 12.5 Å². The second kappa shape index (κ2) is 14.6. The zero-order chi connectivity index (χ0) is 16.6. The number of benzene rings is 1. The molecule has 0 fully saturated rings. The van der Waals surface area contributed by atoms with Crippen LogP contribution in [0.2, 0.25) is 0 Å². The number of hydrogen-bond donors (Lipinski definition) is 0. The summed E-state index contributed by atoms with van der Waals surface area (Å²) in [5.74, 6) is 0.847. The maximum atomic E-state index is 5.68. The number of para-hydroxylation sites is 1. The summed E-state index contributed by atoms with van der Waals surface area (Å²) in [4.78, 5) is 2.37. The molecular formula is C21H36NO. The van der Waals surface area contributed by atoms with Crippen LogP contribution in [0.15, 0.2) is 24.3 Å². The molecule has 0 spiro atoms. The molecule has 0 atom stereocenters. The average molecular weight is 319 g/mol. The largest absolute Gasteiger partial charge is 0.492 e. The lowest BCUT2D eigenvalue weighted by atomic mass is 10.1. The summed E-state index contributed by atoms with van der Waals surface area (Å²) in [5.41, 5.74) is 0. The smallest absolute Gasteiger partial charge is 0.127 e. The third-order valence-corrected chi connectivity index (χ3v) is 4.30. The number of rotatable bonds is 15. The number of nitrogens with zero attached hydrogens (tertiary/aromatic N) is 1. The molecule has 0 N–H and O–H groups in total. The molecule has 2 heteroatoms. The summed E-state index contributed by atoms with van der Waals surface area (Å²) in [6.45, 7) is 5.19. The Bertz CT molecular complexity index is 352. The van der Waals surface area contributed by atoms with Crippen molar-refractivity contribution in [1.29, 1.82) is 0 Å². The first-order chi connectivity index (χ1) is 11.3. The fourth-order valence-electron chi connectivity index (χ4n) is 2.76. The van der Waals surface area contributed by atoms with Crippen molar-refractivity contribution in [3.63, 3.8) is 0 Å². The number of likely N-dealkylation sites (N-methyl/N-ethyl adjacent to an activating group) is 1. The molecule has 0 aliphatic rings. The molecule has 0 saturated carbocycles. The summed E-state index contributed by atoms with van der Waals surface area (Å²) in [6.07, 6.45) is 14.0. The van der Waals surface area contributed by atoms with E-state index in [1.54, 1.807) is 0 Å². The van der Waals surface area contributed by atoms with Gasteiger partial charge in [-0.25, -0.2) is 0 Å². The van der Waals surface area contributed by atoms with Gasteiger partial charge in [0.05, 0.1) is 0 Å². The van der Waals surface area contributed by atoms with Crippen LogP contribution in [0, 0.1) is 6.07 Å². The Labute approximate surface area is 144 Å². The first-order valence-corrected chi connectivity index (χ1v) is 9.61. The predicted molar refractivity (Wildman–Crippen MR) is 100 cm³/mol. The highest BCUT2D eigenvalue weighted by atomic mass is 16.5. The molecule has 0 aliphatic carbocycles. The normalized spacial score (nSPS) is 11.1. The molecule has 0 aliphatic heterocycles. The summed E-state index contributed by atoms with van der Waals surface area (Å²) in [6, 6.07) is 10.9. The second-order valence-electron chi connectivity index (χ2n) is 6.56. The van der Waals surface area contributed by atoms with Gasteiger partial charge < -0.3 is 9.64 Å². The van der Waals surface area contributed by atoms with Gasteiger partial charge in [-0.15, -0.1) is 0 Å². The molecule has 1 aromatic rings. The van der Waals surface area contributed by atoms with Crippen LogP contribution in [0.4, 0.5) is 0 Å². The molecule has 0 amide bonds. The number of ether oxygens (including phenoxy) is 1. The van der Waals surface area contributed by atoms with E-state index in [1.807, 2.05) is 24.3 Å². The standard InChI is InChI=1S/C21H36NO/c1-3-4-5-6-7-8-9-10-11-15-18-22(2)19-20-23-21-16-13-12-14-17-21/h12-14,16H,3-11,15,18-20H2,1-2H3. The summed E-state index contributed by atoms with van der Waals surface area (Å²) in [7, 11) is 2.19. The minimum atomic E-state index is 0.745. The highest BCUT2D eigenvalue weighted by molar-refractivity contribution is 5.19. The Kier molecular flexibility index (Phi) is 12.7. The second-order valence-corrected chi connectivity index (χ2v) is 6.56. The average Bonchev–Trinajstić information content (AvgIpc) is 2.57. The van der Waals surface area contributed by atoms with E-state index in [0.29, 0.717) is 0 Å². The van der Waals surface area contributed by atoms with Crippen molar-refractivity contribution in [2.75, 3.05) is 26.7 Å². The van der Waals surface area contributed by atoms with Gasteiger partial charge in [0.25, 0.3) is 0 Å². The van der Waals surface area contributed by atoms with Crippen LogP contribution in [-0.4, -0.2) is 31.6 Å². The van der Waals surface area contributed by atoms with Gasteiger partial charge in [-0.05, 0) is 26.1 Å². The maximum Gasteiger partial charge on any atom is 0.127 e. The van der Waals surface area contributed by atoms with Crippen LogP contribution < -0.4 is 4.74 Å². The van der Waals surface area contributed by atoms with E-state index in [9.17, 15) is 0 Å². The van der Waals surface area contributed by atoms with Crippen LogP contribution >= 0.6 is 0 Å². The van der Waals surface area contributed by atoms with E-state index in [2.05, 4.69) is 24.9 Å². The van der Waals surface area contributed by atoms with Crippen molar-refractivity contribution in [2.24, 2.45) is 0 Å². The Morgan fingerprint density at radius 2 is 1.52 bits per heavy atom. The zero-order valence-electron chi connectivity index (χ0n) is 15.4. The van der Waals surface area contributed by atoms with Crippen molar-refractivity contribution in [3.8, 4) is 5.75 Å². The van der Waals surface area contributed by atoms with E-state index >= 15 is 0 Å². The van der Waals surface area contributed by atoms with Crippen LogP contribution in [0.1, 0.15) is 71.1 Å². The molecule has 1 aromatic carbocycles. The summed E-state index contributed by atoms with van der Waals surface area (Å²) >= 11 is 0. The molecule has 0 unspecified atom stereocenters. The SMILES string of the molecule is CCCCCCCCCCCCN(C)CCOc1[c]cccc1. The Hall–Kier alpha value is -1.02. The fraction of sp³-hybridized carbons (Fsp3) is 0.714. The van der Waals surface area contributed by atoms with Crippen molar-refractivity contribution in [2.45, 2.75) is 71.1 Å². The van der Waals surface area contributed by atoms with E-state index in [0.717, 1.165) is 18.9 Å². The molecule has 23 heavy (non-hydrogen) atoms. The Morgan fingerprint density at radius 1 is 0.870 bits per heavy atom. The first kappa shape index (κ1) is 20.0. The highest BCUT2D eigenvalue weighted by Crippen LogP contribution is 2.11. The van der Waals surface area contributed by atoms with E-state index in [1.165, 1.54) is 70.8 Å². The lowest BCUT2D eigenvalue weighted by molar-refractivity contribution is 0.234. The summed E-state index contributed by atoms with van der Waals surface area (Å²) < 4.78 is 5.68. The first-order valence-electron chi connectivity index (χ1n) is 9.61. The van der Waals surface area contributed by atoms with Crippen molar-refractivity contribution >= 4 is 0 Å². The molecule has 0 bridgehead atoms. The van der Waals surface area contributed by atoms with Gasteiger partial charge in [0.2, 0.25) is 0 Å². The molecule has 131 valence electrons. The molecule has 2 nitrogen and oxygen atoms in total. The third kappa shape index (κ3) is 12.1. The van der Waals surface area contributed by atoms with Crippen molar-refractivity contribution < 1.29 is 4.74 Å². The summed E-state index contributed by atoms with van der Waals surface area (Å²) in [5, 5.41) is 0. The predicted octanol–water partition coefficient (Wildman–Crippen LogP) is 5.72. The van der Waals surface area contributed by atoms with E-state index in [4.69, 9.17) is 4.74 Å². The number of unbranched alkanes of at least 4 members (excludes halogenated alkanes) is 9. The van der Waals surface area contributed by atoms with Gasteiger partial charge in [-0.2, -0.15) is 0 Å².